The highest BCUT2D eigenvalue weighted by Gasteiger charge is 2.29. The largest absolute Gasteiger partial charge is 0.395 e. The predicted molar refractivity (Wildman–Crippen MR) is 93.2 cm³/mol. The molecular formula is C17H24N6O3. The molecule has 1 unspecified atom stereocenters. The summed E-state index contributed by atoms with van der Waals surface area (Å²) in [7, 11) is 1.65. The number of hydrogen-bond donors (Lipinski definition) is 1. The van der Waals surface area contributed by atoms with E-state index in [4.69, 9.17) is 9.84 Å². The molecule has 1 atom stereocenters. The van der Waals surface area contributed by atoms with Crippen molar-refractivity contribution in [2.45, 2.75) is 12.6 Å². The van der Waals surface area contributed by atoms with Crippen LogP contribution in [0.15, 0.2) is 30.3 Å². The molecule has 0 spiro atoms. The Hall–Kier alpha value is -2.36. The van der Waals surface area contributed by atoms with Crippen LogP contribution >= 0.6 is 0 Å². The van der Waals surface area contributed by atoms with Gasteiger partial charge in [0.1, 0.15) is 6.54 Å². The molecule has 0 bridgehead atoms. The number of ether oxygens (including phenoxy) is 1. The third-order valence-corrected chi connectivity index (χ3v) is 4.48. The average molecular weight is 360 g/mol. The van der Waals surface area contributed by atoms with E-state index in [2.05, 4.69) is 20.4 Å². The van der Waals surface area contributed by atoms with Gasteiger partial charge in [-0.3, -0.25) is 9.69 Å². The number of nitrogens with zero attached hydrogens (tertiary/aromatic N) is 6. The summed E-state index contributed by atoms with van der Waals surface area (Å²) >= 11 is 0. The lowest BCUT2D eigenvalue weighted by molar-refractivity contribution is -0.131. The molecule has 1 fully saturated rings. The number of aromatic nitrogens is 4. The van der Waals surface area contributed by atoms with Crippen LogP contribution in [0.2, 0.25) is 0 Å². The summed E-state index contributed by atoms with van der Waals surface area (Å²) in [6.07, 6.45) is 0. The number of aliphatic hydroxyl groups excluding tert-OH is 1. The van der Waals surface area contributed by atoms with Gasteiger partial charge in [0.15, 0.2) is 5.82 Å². The first-order chi connectivity index (χ1) is 12.7. The van der Waals surface area contributed by atoms with Crippen molar-refractivity contribution in [1.29, 1.82) is 0 Å². The summed E-state index contributed by atoms with van der Waals surface area (Å²) in [5.41, 5.74) is 1.07. The second kappa shape index (κ2) is 8.84. The minimum Gasteiger partial charge on any atom is -0.395 e. The standard InChI is InChI=1S/C17H24N6O3/c1-21(7-10-24)15(25)13-23-17(18-19-20-23)16(14-5-3-2-4-6-14)22-8-11-26-12-9-22/h2-6,16,24H,7-13H2,1H3. The zero-order valence-corrected chi connectivity index (χ0v) is 14.9. The number of hydrogen-bond acceptors (Lipinski definition) is 7. The van der Waals surface area contributed by atoms with Gasteiger partial charge in [0.2, 0.25) is 5.91 Å². The highest BCUT2D eigenvalue weighted by atomic mass is 16.5. The molecule has 2 aromatic rings. The van der Waals surface area contributed by atoms with Gasteiger partial charge in [-0.15, -0.1) is 5.10 Å². The van der Waals surface area contributed by atoms with Crippen molar-refractivity contribution in [1.82, 2.24) is 30.0 Å². The Morgan fingerprint density at radius 3 is 2.73 bits per heavy atom. The van der Waals surface area contributed by atoms with Crippen molar-refractivity contribution in [3.63, 3.8) is 0 Å². The average Bonchev–Trinajstić information content (AvgIpc) is 3.11. The number of benzene rings is 1. The van der Waals surface area contributed by atoms with Gasteiger partial charge in [-0.05, 0) is 16.0 Å². The molecule has 1 aliphatic rings. The number of likely N-dealkylation sites (N-methyl/N-ethyl adjacent to an activating group) is 1. The van der Waals surface area contributed by atoms with Crippen molar-refractivity contribution < 1.29 is 14.6 Å². The van der Waals surface area contributed by atoms with Crippen LogP contribution in [0.3, 0.4) is 0 Å². The first-order valence-corrected chi connectivity index (χ1v) is 8.68. The number of rotatable bonds is 7. The first kappa shape index (κ1) is 18.4. The maximum Gasteiger partial charge on any atom is 0.244 e. The lowest BCUT2D eigenvalue weighted by Crippen LogP contribution is -2.41. The Balaban J connectivity index is 1.88. The molecule has 9 nitrogen and oxygen atoms in total. The molecule has 1 N–H and O–H groups in total. The number of aliphatic hydroxyl groups is 1. The van der Waals surface area contributed by atoms with Gasteiger partial charge in [0.25, 0.3) is 0 Å². The van der Waals surface area contributed by atoms with Gasteiger partial charge in [0.05, 0.1) is 25.9 Å². The van der Waals surface area contributed by atoms with Crippen LogP contribution in [0.4, 0.5) is 0 Å². The van der Waals surface area contributed by atoms with Gasteiger partial charge in [-0.25, -0.2) is 4.68 Å². The molecular weight excluding hydrogens is 336 g/mol. The molecule has 1 aromatic heterocycles. The van der Waals surface area contributed by atoms with Crippen LogP contribution < -0.4 is 0 Å². The maximum atomic E-state index is 12.4. The number of morpholine rings is 1. The molecule has 3 rings (SSSR count). The van der Waals surface area contributed by atoms with E-state index < -0.39 is 0 Å². The second-order valence-corrected chi connectivity index (χ2v) is 6.20. The smallest absolute Gasteiger partial charge is 0.244 e. The van der Waals surface area contributed by atoms with E-state index in [0.717, 1.165) is 18.7 Å². The predicted octanol–water partition coefficient (Wildman–Crippen LogP) is -0.455. The van der Waals surface area contributed by atoms with E-state index in [1.165, 1.54) is 4.90 Å². The van der Waals surface area contributed by atoms with Crippen LogP contribution in [-0.2, 0) is 16.1 Å². The summed E-state index contributed by atoms with van der Waals surface area (Å²) < 4.78 is 7.02. The van der Waals surface area contributed by atoms with Crippen LogP contribution in [0.25, 0.3) is 0 Å². The summed E-state index contributed by atoms with van der Waals surface area (Å²) in [6.45, 7) is 3.08. The topological polar surface area (TPSA) is 96.6 Å². The van der Waals surface area contributed by atoms with Crippen LogP contribution in [0, 0.1) is 0 Å². The number of tetrazole rings is 1. The zero-order valence-electron chi connectivity index (χ0n) is 14.9. The molecule has 0 radical (unpaired) electrons. The van der Waals surface area contributed by atoms with Gasteiger partial charge in [0, 0.05) is 26.7 Å². The highest BCUT2D eigenvalue weighted by molar-refractivity contribution is 5.75. The van der Waals surface area contributed by atoms with Crippen molar-refractivity contribution in [2.24, 2.45) is 0 Å². The van der Waals surface area contributed by atoms with Gasteiger partial charge in [-0.1, -0.05) is 30.3 Å². The van der Waals surface area contributed by atoms with Crippen LogP contribution in [0.5, 0.6) is 0 Å². The van der Waals surface area contributed by atoms with E-state index in [1.807, 2.05) is 30.3 Å². The quantitative estimate of drug-likeness (QED) is 0.714. The minimum absolute atomic E-state index is 0.0342. The summed E-state index contributed by atoms with van der Waals surface area (Å²) in [5.74, 6) is 0.477. The fourth-order valence-electron chi connectivity index (χ4n) is 3.04. The Labute approximate surface area is 152 Å². The van der Waals surface area contributed by atoms with E-state index in [9.17, 15) is 4.79 Å². The SMILES string of the molecule is CN(CCO)C(=O)Cn1nnnc1C(c1ccccc1)N1CCOCC1. The van der Waals surface area contributed by atoms with E-state index in [1.54, 1.807) is 11.7 Å². The molecule has 1 aromatic carbocycles. The van der Waals surface area contributed by atoms with Gasteiger partial charge >= 0.3 is 0 Å². The zero-order chi connectivity index (χ0) is 18.4. The molecule has 2 heterocycles. The maximum absolute atomic E-state index is 12.4. The van der Waals surface area contributed by atoms with Gasteiger partial charge in [-0.2, -0.15) is 0 Å². The van der Waals surface area contributed by atoms with Crippen LogP contribution in [0.1, 0.15) is 17.4 Å². The minimum atomic E-state index is -0.151. The highest BCUT2D eigenvalue weighted by Crippen LogP contribution is 2.27. The molecule has 26 heavy (non-hydrogen) atoms. The summed E-state index contributed by atoms with van der Waals surface area (Å²) in [6, 6.07) is 9.87. The van der Waals surface area contributed by atoms with Crippen molar-refractivity contribution in [2.75, 3.05) is 46.5 Å². The van der Waals surface area contributed by atoms with Gasteiger partial charge < -0.3 is 14.7 Å². The van der Waals surface area contributed by atoms with E-state index >= 15 is 0 Å². The number of carbonyl (C=O) groups is 1. The summed E-state index contributed by atoms with van der Waals surface area (Å²) in [5, 5.41) is 21.1. The Kier molecular flexibility index (Phi) is 6.26. The Morgan fingerprint density at radius 1 is 1.31 bits per heavy atom. The molecule has 0 saturated carbocycles. The van der Waals surface area contributed by atoms with Crippen molar-refractivity contribution in [3.05, 3.63) is 41.7 Å². The van der Waals surface area contributed by atoms with Crippen molar-refractivity contribution >= 4 is 5.91 Å². The molecule has 0 aliphatic carbocycles. The van der Waals surface area contributed by atoms with Crippen LogP contribution in [-0.4, -0.2) is 87.5 Å². The summed E-state index contributed by atoms with van der Waals surface area (Å²) in [4.78, 5) is 16.1. The molecule has 140 valence electrons. The van der Waals surface area contributed by atoms with Crippen molar-refractivity contribution in [3.8, 4) is 0 Å². The monoisotopic (exact) mass is 360 g/mol. The lowest BCUT2D eigenvalue weighted by atomic mass is 10.0. The third-order valence-electron chi connectivity index (χ3n) is 4.48. The number of carbonyl (C=O) groups excluding carboxylic acids is 1. The van der Waals surface area contributed by atoms with E-state index in [-0.39, 0.29) is 31.6 Å². The molecule has 1 saturated heterocycles. The normalized spacial score (nSPS) is 16.4. The number of amides is 1. The fraction of sp³-hybridized carbons (Fsp3) is 0.529. The molecule has 1 amide bonds. The Morgan fingerprint density at radius 2 is 2.04 bits per heavy atom. The first-order valence-electron chi connectivity index (χ1n) is 8.68. The molecule has 9 heteroatoms. The van der Waals surface area contributed by atoms with E-state index in [0.29, 0.717) is 19.0 Å². The third kappa shape index (κ3) is 4.24. The lowest BCUT2D eigenvalue weighted by Gasteiger charge is -2.34. The Bertz CT molecular complexity index is 702. The molecule has 1 aliphatic heterocycles. The fourth-order valence-corrected chi connectivity index (χ4v) is 3.04. The second-order valence-electron chi connectivity index (χ2n) is 6.20.